The molecule has 2 nitrogen and oxygen atoms in total. The van der Waals surface area contributed by atoms with Gasteiger partial charge in [0.1, 0.15) is 0 Å². The predicted molar refractivity (Wildman–Crippen MR) is 83.2 cm³/mol. The fourth-order valence-corrected chi connectivity index (χ4v) is 3.28. The first-order chi connectivity index (χ1) is 9.93. The van der Waals surface area contributed by atoms with Gasteiger partial charge < -0.3 is 0 Å². The molecule has 20 heavy (non-hydrogen) atoms. The van der Waals surface area contributed by atoms with Gasteiger partial charge in [-0.15, -0.1) is 0 Å². The standard InChI is InChI=1S/C18H10N2/c1-3-11-7-8-12-4-2-6-14-16(12)15(11)13(5-1)17-18(14)20-10-9-19-17/h1-10H. The van der Waals surface area contributed by atoms with E-state index in [1.54, 1.807) is 12.4 Å². The van der Waals surface area contributed by atoms with Gasteiger partial charge in [-0.25, -0.2) is 0 Å². The average Bonchev–Trinajstić information content (AvgIpc) is 2.53. The third kappa shape index (κ3) is 1.09. The van der Waals surface area contributed by atoms with E-state index < -0.39 is 0 Å². The third-order valence-electron chi connectivity index (χ3n) is 4.09. The predicted octanol–water partition coefficient (Wildman–Crippen LogP) is 4.53. The highest BCUT2D eigenvalue weighted by Gasteiger charge is 2.13. The van der Waals surface area contributed by atoms with Crippen molar-refractivity contribution in [2.45, 2.75) is 0 Å². The molecular weight excluding hydrogens is 244 g/mol. The Kier molecular flexibility index (Phi) is 1.73. The summed E-state index contributed by atoms with van der Waals surface area (Å²) in [6.07, 6.45) is 3.54. The Morgan fingerprint density at radius 1 is 0.550 bits per heavy atom. The largest absolute Gasteiger partial charge is 0.252 e. The van der Waals surface area contributed by atoms with Crippen molar-refractivity contribution in [2.24, 2.45) is 0 Å². The van der Waals surface area contributed by atoms with Gasteiger partial charge in [0.05, 0.1) is 11.0 Å². The second kappa shape index (κ2) is 3.42. The smallest absolute Gasteiger partial charge is 0.0971 e. The lowest BCUT2D eigenvalue weighted by Crippen LogP contribution is -1.90. The normalized spacial score (nSPS) is 12.0. The van der Waals surface area contributed by atoms with Crippen molar-refractivity contribution < 1.29 is 0 Å². The van der Waals surface area contributed by atoms with Gasteiger partial charge in [-0.3, -0.25) is 9.97 Å². The van der Waals surface area contributed by atoms with Gasteiger partial charge in [0, 0.05) is 23.2 Å². The minimum absolute atomic E-state index is 0.990. The zero-order chi connectivity index (χ0) is 13.1. The summed E-state index contributed by atoms with van der Waals surface area (Å²) in [6.45, 7) is 0. The molecule has 2 heteroatoms. The Morgan fingerprint density at radius 3 is 1.55 bits per heavy atom. The summed E-state index contributed by atoms with van der Waals surface area (Å²) in [5.41, 5.74) is 1.98. The van der Waals surface area contributed by atoms with E-state index in [-0.39, 0.29) is 0 Å². The van der Waals surface area contributed by atoms with E-state index in [9.17, 15) is 0 Å². The van der Waals surface area contributed by atoms with Crippen LogP contribution in [0.1, 0.15) is 0 Å². The molecule has 5 rings (SSSR count). The van der Waals surface area contributed by atoms with Gasteiger partial charge in [-0.2, -0.15) is 0 Å². The molecule has 0 radical (unpaired) electrons. The van der Waals surface area contributed by atoms with Gasteiger partial charge in [-0.05, 0) is 21.5 Å². The second-order valence-corrected chi connectivity index (χ2v) is 5.13. The Bertz CT molecular complexity index is 1010. The summed E-state index contributed by atoms with van der Waals surface area (Å²) in [5.74, 6) is 0. The first-order valence-electron chi connectivity index (χ1n) is 6.70. The van der Waals surface area contributed by atoms with Crippen LogP contribution < -0.4 is 0 Å². The van der Waals surface area contributed by atoms with Gasteiger partial charge >= 0.3 is 0 Å². The maximum atomic E-state index is 4.57. The van der Waals surface area contributed by atoms with Crippen LogP contribution in [-0.2, 0) is 0 Å². The van der Waals surface area contributed by atoms with E-state index >= 15 is 0 Å². The van der Waals surface area contributed by atoms with E-state index in [0.29, 0.717) is 0 Å². The SMILES string of the molecule is c1cc2ccc3cccc4c5nccnc5c(c1)c2c34. The number of rotatable bonds is 0. The number of fused-ring (bicyclic) bond motifs is 3. The minimum Gasteiger partial charge on any atom is -0.252 e. The molecule has 0 fully saturated rings. The number of benzene rings is 4. The van der Waals surface area contributed by atoms with E-state index in [0.717, 1.165) is 11.0 Å². The van der Waals surface area contributed by atoms with E-state index in [1.165, 1.54) is 32.3 Å². The highest BCUT2D eigenvalue weighted by atomic mass is 14.8. The Balaban J connectivity index is 2.33. The molecule has 0 spiro atoms. The lowest BCUT2D eigenvalue weighted by Gasteiger charge is -2.12. The molecule has 92 valence electrons. The van der Waals surface area contributed by atoms with Crippen molar-refractivity contribution in [3.05, 3.63) is 60.9 Å². The van der Waals surface area contributed by atoms with Gasteiger partial charge in [0.25, 0.3) is 0 Å². The first-order valence-corrected chi connectivity index (χ1v) is 6.70. The molecule has 0 aliphatic heterocycles. The average molecular weight is 254 g/mol. The maximum Gasteiger partial charge on any atom is 0.0971 e. The van der Waals surface area contributed by atoms with Gasteiger partial charge in [0.2, 0.25) is 0 Å². The van der Waals surface area contributed by atoms with Crippen molar-refractivity contribution in [1.82, 2.24) is 9.97 Å². The van der Waals surface area contributed by atoms with Crippen LogP contribution in [0.4, 0.5) is 0 Å². The molecule has 0 N–H and O–H groups in total. The summed E-state index contributed by atoms with van der Waals surface area (Å²) < 4.78 is 0. The van der Waals surface area contributed by atoms with Crippen LogP contribution in [-0.4, -0.2) is 9.97 Å². The first kappa shape index (κ1) is 10.1. The molecule has 0 saturated carbocycles. The van der Waals surface area contributed by atoms with Crippen molar-refractivity contribution in [2.75, 3.05) is 0 Å². The van der Waals surface area contributed by atoms with Crippen molar-refractivity contribution >= 4 is 43.4 Å². The lowest BCUT2D eigenvalue weighted by atomic mass is 9.93. The molecule has 0 aliphatic carbocycles. The highest BCUT2D eigenvalue weighted by molar-refractivity contribution is 6.32. The van der Waals surface area contributed by atoms with E-state index in [1.807, 2.05) is 0 Å². The zero-order valence-electron chi connectivity index (χ0n) is 10.7. The fourth-order valence-electron chi connectivity index (χ4n) is 3.28. The number of hydrogen-bond donors (Lipinski definition) is 0. The quantitative estimate of drug-likeness (QED) is 0.300. The minimum atomic E-state index is 0.990. The molecule has 4 aromatic carbocycles. The topological polar surface area (TPSA) is 25.8 Å². The van der Waals surface area contributed by atoms with Gasteiger partial charge in [-0.1, -0.05) is 48.5 Å². The molecule has 0 aliphatic rings. The molecule has 0 saturated heterocycles. The third-order valence-corrected chi connectivity index (χ3v) is 4.09. The molecule has 0 bridgehead atoms. The van der Waals surface area contributed by atoms with Crippen LogP contribution in [0.25, 0.3) is 43.4 Å². The zero-order valence-corrected chi connectivity index (χ0v) is 10.7. The summed E-state index contributed by atoms with van der Waals surface area (Å²) in [7, 11) is 0. The molecule has 1 heterocycles. The molecular formula is C18H10N2. The number of nitrogens with zero attached hydrogens (tertiary/aromatic N) is 2. The Morgan fingerprint density at radius 2 is 1.05 bits per heavy atom. The summed E-state index contributed by atoms with van der Waals surface area (Å²) >= 11 is 0. The Labute approximate surface area is 115 Å². The van der Waals surface area contributed by atoms with Crippen LogP contribution in [0.15, 0.2) is 60.9 Å². The molecule has 5 aromatic rings. The molecule has 0 amide bonds. The summed E-state index contributed by atoms with van der Waals surface area (Å²) in [6, 6.07) is 17.2. The molecule has 0 atom stereocenters. The second-order valence-electron chi connectivity index (χ2n) is 5.13. The Hall–Kier alpha value is -2.74. The maximum absolute atomic E-state index is 4.57. The summed E-state index contributed by atoms with van der Waals surface area (Å²) in [4.78, 5) is 9.14. The molecule has 1 aromatic heterocycles. The van der Waals surface area contributed by atoms with Crippen LogP contribution in [0.3, 0.4) is 0 Å². The fraction of sp³-hybridized carbons (Fsp3) is 0. The van der Waals surface area contributed by atoms with Crippen LogP contribution in [0.5, 0.6) is 0 Å². The van der Waals surface area contributed by atoms with Crippen LogP contribution >= 0.6 is 0 Å². The summed E-state index contributed by atoms with van der Waals surface area (Å²) in [5, 5.41) is 7.50. The highest BCUT2D eigenvalue weighted by Crippen LogP contribution is 2.38. The monoisotopic (exact) mass is 254 g/mol. The van der Waals surface area contributed by atoms with E-state index in [4.69, 9.17) is 0 Å². The van der Waals surface area contributed by atoms with Crippen LogP contribution in [0, 0.1) is 0 Å². The molecule has 0 unspecified atom stereocenters. The van der Waals surface area contributed by atoms with Crippen LogP contribution in [0.2, 0.25) is 0 Å². The lowest BCUT2D eigenvalue weighted by molar-refractivity contribution is 1.31. The van der Waals surface area contributed by atoms with E-state index in [2.05, 4.69) is 58.5 Å². The number of aromatic nitrogens is 2. The number of hydrogen-bond acceptors (Lipinski definition) is 2. The van der Waals surface area contributed by atoms with Gasteiger partial charge in [0.15, 0.2) is 0 Å². The van der Waals surface area contributed by atoms with Crippen molar-refractivity contribution in [3.63, 3.8) is 0 Å². The van der Waals surface area contributed by atoms with Crippen molar-refractivity contribution in [1.29, 1.82) is 0 Å². The van der Waals surface area contributed by atoms with Crippen molar-refractivity contribution in [3.8, 4) is 0 Å².